The minimum absolute atomic E-state index is 0.299. The molecule has 1 unspecified atom stereocenters. The second-order valence-corrected chi connectivity index (χ2v) is 3.78. The topological polar surface area (TPSA) is 17.1 Å². The van der Waals surface area contributed by atoms with Gasteiger partial charge in [0.2, 0.25) is 0 Å². The third-order valence-corrected chi connectivity index (χ3v) is 2.62. The van der Waals surface area contributed by atoms with Crippen molar-refractivity contribution in [2.24, 2.45) is 0 Å². The molecule has 2 rings (SSSR count). The number of benzene rings is 1. The number of carbonyl (C=O) groups is 1. The van der Waals surface area contributed by atoms with Crippen molar-refractivity contribution in [3.05, 3.63) is 47.5 Å². The molecular formula is C14H18O. The molecule has 0 radical (unpaired) electrons. The largest absolute Gasteiger partial charge is 0.294 e. The summed E-state index contributed by atoms with van der Waals surface area (Å²) >= 11 is 0. The fraction of sp³-hybridized carbons (Fsp3) is 0.357. The smallest absolute Gasteiger partial charge is 0.163 e. The maximum Gasteiger partial charge on any atom is 0.163 e. The summed E-state index contributed by atoms with van der Waals surface area (Å²) < 4.78 is 0. The van der Waals surface area contributed by atoms with Crippen LogP contribution in [0.1, 0.15) is 49.0 Å². The van der Waals surface area contributed by atoms with Gasteiger partial charge in [0.25, 0.3) is 0 Å². The zero-order valence-corrected chi connectivity index (χ0v) is 9.66. The first kappa shape index (κ1) is 11.7. The Morgan fingerprint density at radius 2 is 1.80 bits per heavy atom. The van der Waals surface area contributed by atoms with Gasteiger partial charge in [-0.2, -0.15) is 0 Å². The minimum Gasteiger partial charge on any atom is -0.294 e. The second-order valence-electron chi connectivity index (χ2n) is 3.78. The number of hydrogen-bond donors (Lipinski definition) is 0. The molecule has 1 aromatic carbocycles. The molecule has 1 aliphatic carbocycles. The van der Waals surface area contributed by atoms with Crippen molar-refractivity contribution in [1.82, 2.24) is 0 Å². The van der Waals surface area contributed by atoms with Gasteiger partial charge >= 0.3 is 0 Å². The number of fused-ring (bicyclic) bond motifs is 1. The predicted molar refractivity (Wildman–Crippen MR) is 64.3 cm³/mol. The van der Waals surface area contributed by atoms with Crippen LogP contribution in [0.4, 0.5) is 0 Å². The molecule has 15 heavy (non-hydrogen) atoms. The van der Waals surface area contributed by atoms with Gasteiger partial charge < -0.3 is 0 Å². The van der Waals surface area contributed by atoms with E-state index in [1.165, 1.54) is 5.56 Å². The molecular weight excluding hydrogens is 184 g/mol. The first-order valence-corrected chi connectivity index (χ1v) is 5.40. The van der Waals surface area contributed by atoms with E-state index in [-0.39, 0.29) is 0 Å². The predicted octanol–water partition coefficient (Wildman–Crippen LogP) is 3.96. The summed E-state index contributed by atoms with van der Waals surface area (Å²) in [6.07, 6.45) is 4.69. The third-order valence-electron chi connectivity index (χ3n) is 2.62. The molecule has 1 aliphatic rings. The van der Waals surface area contributed by atoms with Gasteiger partial charge in [0.15, 0.2) is 5.78 Å². The number of allylic oxidation sites excluding steroid dienone is 2. The van der Waals surface area contributed by atoms with Crippen LogP contribution in [0.3, 0.4) is 0 Å². The number of Topliss-reactive ketones (excluding diaryl/α,β-unsaturated/α-hetero) is 1. The highest BCUT2D eigenvalue weighted by atomic mass is 16.1. The van der Waals surface area contributed by atoms with Crippen LogP contribution in [0, 0.1) is 0 Å². The summed E-state index contributed by atoms with van der Waals surface area (Å²) in [6, 6.07) is 7.88. The fourth-order valence-electron chi connectivity index (χ4n) is 1.68. The van der Waals surface area contributed by atoms with E-state index >= 15 is 0 Å². The standard InChI is InChI=1S/C10H10O.C4H8/c1-7-6-10(11)9-5-3-2-4-8(7)9;1-3-4-2/h2-5,7H,6H2,1H3;3-4H,1-2H3. The Balaban J connectivity index is 0.000000245. The first-order chi connectivity index (χ1) is 7.20. The SMILES string of the molecule is CC1CC(=O)c2ccccc21.CC=CC. The molecule has 80 valence electrons. The average molecular weight is 202 g/mol. The molecule has 0 amide bonds. The van der Waals surface area contributed by atoms with Crippen LogP contribution in [-0.4, -0.2) is 5.78 Å². The molecule has 1 aromatic rings. The number of rotatable bonds is 0. The summed E-state index contributed by atoms with van der Waals surface area (Å²) in [5, 5.41) is 0. The van der Waals surface area contributed by atoms with Crippen LogP contribution in [-0.2, 0) is 0 Å². The van der Waals surface area contributed by atoms with E-state index in [0.717, 1.165) is 5.56 Å². The zero-order valence-electron chi connectivity index (χ0n) is 9.66. The number of carbonyl (C=O) groups excluding carboxylic acids is 1. The summed E-state index contributed by atoms with van der Waals surface area (Å²) in [5.41, 5.74) is 2.15. The van der Waals surface area contributed by atoms with E-state index < -0.39 is 0 Å². The van der Waals surface area contributed by atoms with Gasteiger partial charge in [-0.25, -0.2) is 0 Å². The highest BCUT2D eigenvalue weighted by Gasteiger charge is 2.24. The van der Waals surface area contributed by atoms with Crippen LogP contribution in [0.25, 0.3) is 0 Å². The lowest BCUT2D eigenvalue weighted by Gasteiger charge is -1.99. The summed E-state index contributed by atoms with van der Waals surface area (Å²) in [4.78, 5) is 11.3. The lowest BCUT2D eigenvalue weighted by molar-refractivity contribution is 0.0990. The minimum atomic E-state index is 0.299. The molecule has 0 bridgehead atoms. The Kier molecular flexibility index (Phi) is 4.29. The van der Waals surface area contributed by atoms with Crippen molar-refractivity contribution in [2.75, 3.05) is 0 Å². The molecule has 0 saturated heterocycles. The van der Waals surface area contributed by atoms with Gasteiger partial charge in [-0.1, -0.05) is 43.3 Å². The molecule has 0 aliphatic heterocycles. The van der Waals surface area contributed by atoms with E-state index in [1.807, 2.05) is 50.3 Å². The number of ketones is 1. The summed E-state index contributed by atoms with van der Waals surface area (Å²) in [5.74, 6) is 0.729. The molecule has 0 fully saturated rings. The Labute approximate surface area is 91.8 Å². The Hall–Kier alpha value is -1.37. The van der Waals surface area contributed by atoms with Crippen LogP contribution in [0.2, 0.25) is 0 Å². The van der Waals surface area contributed by atoms with Gasteiger partial charge in [-0.05, 0) is 25.3 Å². The zero-order chi connectivity index (χ0) is 11.3. The highest BCUT2D eigenvalue weighted by Crippen LogP contribution is 2.31. The molecule has 1 nitrogen and oxygen atoms in total. The molecule has 1 heteroatoms. The Bertz CT molecular complexity index is 359. The molecule has 0 N–H and O–H groups in total. The van der Waals surface area contributed by atoms with Gasteiger partial charge in [-0.3, -0.25) is 4.79 Å². The number of hydrogen-bond acceptors (Lipinski definition) is 1. The molecule has 0 spiro atoms. The second kappa shape index (κ2) is 5.50. The summed E-state index contributed by atoms with van der Waals surface area (Å²) in [6.45, 7) is 6.10. The maximum atomic E-state index is 11.3. The van der Waals surface area contributed by atoms with Crippen LogP contribution in [0.15, 0.2) is 36.4 Å². The molecule has 0 saturated carbocycles. The van der Waals surface area contributed by atoms with Crippen LogP contribution in [0.5, 0.6) is 0 Å². The van der Waals surface area contributed by atoms with E-state index in [2.05, 4.69) is 6.92 Å². The van der Waals surface area contributed by atoms with E-state index in [0.29, 0.717) is 18.1 Å². The average Bonchev–Trinajstić information content (AvgIpc) is 2.56. The van der Waals surface area contributed by atoms with Crippen molar-refractivity contribution in [2.45, 2.75) is 33.1 Å². The lowest BCUT2D eigenvalue weighted by atomic mass is 10.0. The Morgan fingerprint density at radius 1 is 1.20 bits per heavy atom. The Morgan fingerprint density at radius 3 is 2.33 bits per heavy atom. The van der Waals surface area contributed by atoms with Crippen molar-refractivity contribution < 1.29 is 4.79 Å². The van der Waals surface area contributed by atoms with Gasteiger partial charge in [-0.15, -0.1) is 0 Å². The quantitative estimate of drug-likeness (QED) is 0.582. The fourth-order valence-corrected chi connectivity index (χ4v) is 1.68. The van der Waals surface area contributed by atoms with Crippen molar-refractivity contribution in [1.29, 1.82) is 0 Å². The van der Waals surface area contributed by atoms with Crippen LogP contribution < -0.4 is 0 Å². The molecule has 0 heterocycles. The van der Waals surface area contributed by atoms with E-state index in [4.69, 9.17) is 0 Å². The lowest BCUT2D eigenvalue weighted by Crippen LogP contribution is -1.89. The van der Waals surface area contributed by atoms with Crippen molar-refractivity contribution in [3.63, 3.8) is 0 Å². The monoisotopic (exact) mass is 202 g/mol. The van der Waals surface area contributed by atoms with Crippen molar-refractivity contribution in [3.8, 4) is 0 Å². The van der Waals surface area contributed by atoms with Gasteiger partial charge in [0.1, 0.15) is 0 Å². The normalized spacial score (nSPS) is 18.6. The van der Waals surface area contributed by atoms with E-state index in [1.54, 1.807) is 0 Å². The third kappa shape index (κ3) is 2.79. The highest BCUT2D eigenvalue weighted by molar-refractivity contribution is 6.01. The van der Waals surface area contributed by atoms with Gasteiger partial charge in [0.05, 0.1) is 0 Å². The van der Waals surface area contributed by atoms with Crippen molar-refractivity contribution >= 4 is 5.78 Å². The first-order valence-electron chi connectivity index (χ1n) is 5.40. The van der Waals surface area contributed by atoms with E-state index in [9.17, 15) is 4.79 Å². The van der Waals surface area contributed by atoms with Crippen LogP contribution >= 0.6 is 0 Å². The molecule has 0 aromatic heterocycles. The molecule has 1 atom stereocenters. The summed E-state index contributed by atoms with van der Waals surface area (Å²) in [7, 11) is 0. The maximum absolute atomic E-state index is 11.3. The van der Waals surface area contributed by atoms with Gasteiger partial charge in [0, 0.05) is 12.0 Å².